The normalized spacial score (nSPS) is 15.9. The van der Waals surface area contributed by atoms with Crippen molar-refractivity contribution in [1.29, 1.82) is 0 Å². The lowest BCUT2D eigenvalue weighted by molar-refractivity contribution is 0.240. The van der Waals surface area contributed by atoms with E-state index in [-0.39, 0.29) is 12.0 Å². The number of rotatable bonds is 5. The van der Waals surface area contributed by atoms with Crippen molar-refractivity contribution in [3.05, 3.63) is 71.1 Å². The van der Waals surface area contributed by atoms with E-state index in [1.165, 1.54) is 24.0 Å². The Balaban J connectivity index is 1.57. The van der Waals surface area contributed by atoms with Gasteiger partial charge < -0.3 is 9.26 Å². The maximum Gasteiger partial charge on any atom is 0.264 e. The zero-order valence-electron chi connectivity index (χ0n) is 15.2. The molecule has 0 atom stereocenters. The molecule has 5 heteroatoms. The molecule has 2 aromatic heterocycles. The fourth-order valence-corrected chi connectivity index (χ4v) is 3.76. The van der Waals surface area contributed by atoms with Gasteiger partial charge in [0.25, 0.3) is 5.89 Å². The lowest BCUT2D eigenvalue weighted by Crippen LogP contribution is -2.25. The highest BCUT2D eigenvalue weighted by molar-refractivity contribution is 5.35. The van der Waals surface area contributed by atoms with Crippen LogP contribution in [0.4, 0.5) is 0 Å². The van der Waals surface area contributed by atoms with Crippen molar-refractivity contribution in [2.45, 2.75) is 51.6 Å². The molecule has 3 aromatic rings. The molecule has 0 unspecified atom stereocenters. The van der Waals surface area contributed by atoms with Crippen molar-refractivity contribution >= 4 is 0 Å². The Morgan fingerprint density at radius 2 is 1.85 bits per heavy atom. The number of nitrogens with zero attached hydrogens (tertiary/aromatic N) is 3. The average molecular weight is 349 g/mol. The highest BCUT2D eigenvalue weighted by atomic mass is 16.5. The van der Waals surface area contributed by atoms with Gasteiger partial charge in [0.2, 0.25) is 0 Å². The molecule has 1 aliphatic rings. The largest absolute Gasteiger partial charge is 0.482 e. The molecule has 1 aromatic carbocycles. The molecule has 0 radical (unpaired) electrons. The highest BCUT2D eigenvalue weighted by Crippen LogP contribution is 2.45. The molecule has 1 aliphatic carbocycles. The van der Waals surface area contributed by atoms with Crippen LogP contribution in [0.25, 0.3) is 0 Å². The van der Waals surface area contributed by atoms with Gasteiger partial charge in [0.15, 0.2) is 12.4 Å². The monoisotopic (exact) mass is 349 g/mol. The Bertz CT molecular complexity index is 880. The molecule has 4 rings (SSSR count). The number of pyridine rings is 1. The molecule has 0 aliphatic heterocycles. The summed E-state index contributed by atoms with van der Waals surface area (Å²) in [6, 6.07) is 12.5. The van der Waals surface area contributed by atoms with Crippen LogP contribution in [0.1, 0.15) is 54.2 Å². The van der Waals surface area contributed by atoms with E-state index >= 15 is 0 Å². The molecule has 1 saturated carbocycles. The molecule has 2 heterocycles. The van der Waals surface area contributed by atoms with Gasteiger partial charge in [-0.3, -0.25) is 4.98 Å². The molecule has 0 amide bonds. The molecule has 1 fully saturated rings. The van der Waals surface area contributed by atoms with Gasteiger partial charge in [0.05, 0.1) is 11.1 Å². The molecular weight excluding hydrogens is 326 g/mol. The molecule has 0 saturated heterocycles. The van der Waals surface area contributed by atoms with Crippen LogP contribution in [-0.4, -0.2) is 15.1 Å². The van der Waals surface area contributed by atoms with E-state index in [0.717, 1.165) is 30.1 Å². The summed E-state index contributed by atoms with van der Waals surface area (Å²) in [6.45, 7) is 4.28. The zero-order valence-corrected chi connectivity index (χ0v) is 15.2. The zero-order chi connectivity index (χ0) is 18.0. The Labute approximate surface area is 153 Å². The first kappa shape index (κ1) is 16.8. The maximum atomic E-state index is 5.79. The van der Waals surface area contributed by atoms with Crippen LogP contribution in [-0.2, 0) is 12.0 Å². The number of benzene rings is 1. The van der Waals surface area contributed by atoms with Gasteiger partial charge >= 0.3 is 0 Å². The third-order valence-electron chi connectivity index (χ3n) is 5.27. The van der Waals surface area contributed by atoms with Gasteiger partial charge in [-0.1, -0.05) is 47.8 Å². The van der Waals surface area contributed by atoms with Crippen LogP contribution in [0.2, 0.25) is 0 Å². The molecule has 0 bridgehead atoms. The van der Waals surface area contributed by atoms with Crippen molar-refractivity contribution in [3.8, 4) is 5.75 Å². The van der Waals surface area contributed by atoms with E-state index in [1.807, 2.05) is 19.1 Å². The third-order valence-corrected chi connectivity index (χ3v) is 5.27. The van der Waals surface area contributed by atoms with Crippen molar-refractivity contribution in [2.75, 3.05) is 0 Å². The van der Waals surface area contributed by atoms with Gasteiger partial charge in [-0.25, -0.2) is 0 Å². The molecular formula is C21H23N3O2. The smallest absolute Gasteiger partial charge is 0.264 e. The molecule has 5 nitrogen and oxygen atoms in total. The number of hydrogen-bond donors (Lipinski definition) is 0. The Morgan fingerprint density at radius 1 is 1.08 bits per heavy atom. The van der Waals surface area contributed by atoms with Gasteiger partial charge in [-0.05, 0) is 44.4 Å². The lowest BCUT2D eigenvalue weighted by atomic mass is 9.78. The lowest BCUT2D eigenvalue weighted by Gasteiger charge is -2.25. The SMILES string of the molecule is Cc1ccc(C2(c3noc(COc4cccnc4C)n3)CCCC2)cc1. The predicted octanol–water partition coefficient (Wildman–Crippen LogP) is 4.52. The van der Waals surface area contributed by atoms with Crippen molar-refractivity contribution in [3.63, 3.8) is 0 Å². The van der Waals surface area contributed by atoms with Crippen LogP contribution >= 0.6 is 0 Å². The van der Waals surface area contributed by atoms with Crippen LogP contribution in [0.3, 0.4) is 0 Å². The van der Waals surface area contributed by atoms with Crippen LogP contribution < -0.4 is 4.74 Å². The van der Waals surface area contributed by atoms with Gasteiger partial charge in [0, 0.05) is 6.20 Å². The summed E-state index contributed by atoms with van der Waals surface area (Å²) in [4.78, 5) is 8.91. The summed E-state index contributed by atoms with van der Waals surface area (Å²) in [6.07, 6.45) is 6.22. The van der Waals surface area contributed by atoms with Gasteiger partial charge in [-0.15, -0.1) is 0 Å². The van der Waals surface area contributed by atoms with E-state index in [9.17, 15) is 0 Å². The van der Waals surface area contributed by atoms with Crippen molar-refractivity contribution in [2.24, 2.45) is 0 Å². The second kappa shape index (κ2) is 6.90. The maximum absolute atomic E-state index is 5.79. The average Bonchev–Trinajstić information content (AvgIpc) is 3.32. The van der Waals surface area contributed by atoms with E-state index < -0.39 is 0 Å². The molecule has 0 N–H and O–H groups in total. The first-order chi connectivity index (χ1) is 12.7. The summed E-state index contributed by atoms with van der Waals surface area (Å²) in [5.74, 6) is 2.02. The van der Waals surface area contributed by atoms with Gasteiger partial charge in [-0.2, -0.15) is 4.98 Å². The van der Waals surface area contributed by atoms with E-state index in [2.05, 4.69) is 46.3 Å². The Kier molecular flexibility index (Phi) is 4.45. The highest BCUT2D eigenvalue weighted by Gasteiger charge is 2.41. The standard InChI is InChI=1S/C21H23N3O2/c1-15-7-9-17(10-8-15)21(11-3-4-12-21)20-23-19(26-24-20)14-25-18-6-5-13-22-16(18)2/h5-10,13H,3-4,11-12,14H2,1-2H3. The summed E-state index contributed by atoms with van der Waals surface area (Å²) in [7, 11) is 0. The second-order valence-electron chi connectivity index (χ2n) is 7.04. The summed E-state index contributed by atoms with van der Waals surface area (Å²) in [5, 5.41) is 4.32. The van der Waals surface area contributed by atoms with Crippen LogP contribution in [0.5, 0.6) is 5.75 Å². The minimum absolute atomic E-state index is 0.139. The van der Waals surface area contributed by atoms with E-state index in [4.69, 9.17) is 9.26 Å². The first-order valence-electron chi connectivity index (χ1n) is 9.12. The number of aryl methyl sites for hydroxylation is 2. The second-order valence-corrected chi connectivity index (χ2v) is 7.04. The minimum Gasteiger partial charge on any atom is -0.482 e. The first-order valence-corrected chi connectivity index (χ1v) is 9.12. The van der Waals surface area contributed by atoms with E-state index in [1.54, 1.807) is 6.20 Å². The molecule has 0 spiro atoms. The van der Waals surface area contributed by atoms with E-state index in [0.29, 0.717) is 5.89 Å². The van der Waals surface area contributed by atoms with Crippen LogP contribution in [0, 0.1) is 13.8 Å². The van der Waals surface area contributed by atoms with Crippen molar-refractivity contribution < 1.29 is 9.26 Å². The molecule has 134 valence electrons. The number of aromatic nitrogens is 3. The fraction of sp³-hybridized carbons (Fsp3) is 0.381. The Hall–Kier alpha value is -2.69. The Morgan fingerprint density at radius 3 is 2.58 bits per heavy atom. The fourth-order valence-electron chi connectivity index (χ4n) is 3.76. The van der Waals surface area contributed by atoms with Gasteiger partial charge in [0.1, 0.15) is 5.75 Å². The van der Waals surface area contributed by atoms with Crippen molar-refractivity contribution in [1.82, 2.24) is 15.1 Å². The topological polar surface area (TPSA) is 61.0 Å². The third kappa shape index (κ3) is 3.09. The summed E-state index contributed by atoms with van der Waals surface area (Å²) in [5.41, 5.74) is 3.24. The minimum atomic E-state index is -0.139. The quantitative estimate of drug-likeness (QED) is 0.678. The predicted molar refractivity (Wildman–Crippen MR) is 98.0 cm³/mol. The molecule has 26 heavy (non-hydrogen) atoms. The summed E-state index contributed by atoms with van der Waals surface area (Å²) >= 11 is 0. The number of ether oxygens (including phenoxy) is 1. The number of hydrogen-bond acceptors (Lipinski definition) is 5. The summed E-state index contributed by atoms with van der Waals surface area (Å²) < 4.78 is 11.3. The van der Waals surface area contributed by atoms with Crippen LogP contribution in [0.15, 0.2) is 47.1 Å².